The number of aliphatic hydroxyl groups excluding tert-OH is 1. The van der Waals surface area contributed by atoms with E-state index in [2.05, 4.69) is 121 Å². The van der Waals surface area contributed by atoms with E-state index in [1.165, 1.54) is 80.6 Å². The number of hydrogen-bond donors (Lipinski definition) is 1. The van der Waals surface area contributed by atoms with Crippen LogP contribution < -0.4 is 0 Å². The molecule has 1 heteroatoms. The smallest absolute Gasteiger partial charge is 0.0681 e. The fourth-order valence-corrected chi connectivity index (χ4v) is 5.95. The summed E-state index contributed by atoms with van der Waals surface area (Å²) in [6, 6.07) is 44.0. The Morgan fingerprint density at radius 3 is 1.39 bits per heavy atom. The average molecular weight is 531 g/mol. The molecule has 0 amide bonds. The van der Waals surface area contributed by atoms with Crippen molar-refractivity contribution in [2.45, 2.75) is 32.3 Å². The van der Waals surface area contributed by atoms with Gasteiger partial charge in [-0.3, -0.25) is 0 Å². The summed E-state index contributed by atoms with van der Waals surface area (Å²) in [6.07, 6.45) is 9.84. The van der Waals surface area contributed by atoms with Gasteiger partial charge in [0, 0.05) is 0 Å². The fraction of sp³-hybridized carbons (Fsp3) is 0.150. The summed E-state index contributed by atoms with van der Waals surface area (Å²) in [6.45, 7) is 0.0730. The predicted molar refractivity (Wildman–Crippen MR) is 175 cm³/mol. The van der Waals surface area contributed by atoms with Crippen molar-refractivity contribution in [3.63, 3.8) is 0 Å². The highest BCUT2D eigenvalue weighted by molar-refractivity contribution is 5.92. The van der Waals surface area contributed by atoms with E-state index in [0.29, 0.717) is 0 Å². The van der Waals surface area contributed by atoms with Gasteiger partial charge in [0.15, 0.2) is 0 Å². The molecule has 41 heavy (non-hydrogen) atoms. The molecule has 1 N–H and O–H groups in total. The van der Waals surface area contributed by atoms with E-state index >= 15 is 0 Å². The third kappa shape index (κ3) is 5.59. The minimum Gasteiger partial charge on any atom is -0.392 e. The highest BCUT2D eigenvalue weighted by Gasteiger charge is 2.17. The maximum absolute atomic E-state index is 9.31. The van der Waals surface area contributed by atoms with Crippen molar-refractivity contribution in [2.75, 3.05) is 0 Å². The van der Waals surface area contributed by atoms with Crippen molar-refractivity contribution in [3.05, 3.63) is 144 Å². The van der Waals surface area contributed by atoms with E-state index in [1.807, 2.05) is 12.1 Å². The molecule has 1 aliphatic rings. The zero-order valence-electron chi connectivity index (χ0n) is 23.3. The second kappa shape index (κ2) is 11.2. The highest BCUT2D eigenvalue weighted by Crippen LogP contribution is 2.31. The predicted octanol–water partition coefficient (Wildman–Crippen LogP) is 10.3. The van der Waals surface area contributed by atoms with Gasteiger partial charge < -0.3 is 5.11 Å². The topological polar surface area (TPSA) is 20.2 Å². The Balaban J connectivity index is 1.06. The van der Waals surface area contributed by atoms with Gasteiger partial charge >= 0.3 is 0 Å². The largest absolute Gasteiger partial charge is 0.392 e. The zero-order valence-corrected chi connectivity index (χ0v) is 23.3. The second-order valence-electron chi connectivity index (χ2n) is 11.5. The van der Waals surface area contributed by atoms with Crippen LogP contribution in [0.5, 0.6) is 0 Å². The lowest BCUT2D eigenvalue weighted by atomic mass is 9.81. The molecule has 0 heterocycles. The Hall–Kier alpha value is -4.46. The van der Waals surface area contributed by atoms with Crippen LogP contribution in [0.25, 0.3) is 56.0 Å². The first kappa shape index (κ1) is 25.5. The van der Waals surface area contributed by atoms with Gasteiger partial charge in [0.1, 0.15) is 0 Å². The molecule has 0 aromatic heterocycles. The number of benzene rings is 6. The standard InChI is InChI=1S/C40H34O/c41-27-32-10-14-34(15-11-32)38-21-19-36-24-31(9-17-40(36)26-38)5-4-30-8-16-39-25-37(20-18-35(39)23-30)33-12-6-29(7-13-33)22-28-2-1-3-28/h4-21,23-26,28,41H,1-3,22,27H2/b5-4+. The molecule has 7 rings (SSSR count). The Morgan fingerprint density at radius 1 is 0.488 bits per heavy atom. The average Bonchev–Trinajstić information content (AvgIpc) is 3.01. The van der Waals surface area contributed by atoms with Crippen LogP contribution >= 0.6 is 0 Å². The van der Waals surface area contributed by atoms with Crippen molar-refractivity contribution < 1.29 is 5.11 Å². The Labute approximate surface area is 242 Å². The summed E-state index contributed by atoms with van der Waals surface area (Å²) in [7, 11) is 0. The summed E-state index contributed by atoms with van der Waals surface area (Å²) >= 11 is 0. The van der Waals surface area contributed by atoms with Crippen molar-refractivity contribution in [1.82, 2.24) is 0 Å². The molecule has 0 unspecified atom stereocenters. The van der Waals surface area contributed by atoms with Crippen LogP contribution in [-0.4, -0.2) is 5.11 Å². The molecule has 1 nitrogen and oxygen atoms in total. The van der Waals surface area contributed by atoms with Crippen LogP contribution in [0.1, 0.15) is 41.5 Å². The van der Waals surface area contributed by atoms with Crippen molar-refractivity contribution in [3.8, 4) is 22.3 Å². The molecule has 0 atom stereocenters. The molecule has 1 aliphatic carbocycles. The second-order valence-corrected chi connectivity index (χ2v) is 11.5. The Kier molecular flexibility index (Phi) is 6.96. The number of rotatable bonds is 7. The normalized spacial score (nSPS) is 13.7. The third-order valence-electron chi connectivity index (χ3n) is 8.70. The SMILES string of the molecule is OCc1ccc(-c2ccc3cc(/C=C/c4ccc5cc(-c6ccc(CC7CCC7)cc6)ccc5c4)ccc3c2)cc1. The summed E-state index contributed by atoms with van der Waals surface area (Å²) in [5.41, 5.74) is 9.70. The van der Waals surface area contributed by atoms with E-state index in [4.69, 9.17) is 0 Å². The van der Waals surface area contributed by atoms with E-state index in [-0.39, 0.29) is 6.61 Å². The molecule has 0 radical (unpaired) electrons. The number of aliphatic hydroxyl groups is 1. The lowest BCUT2D eigenvalue weighted by molar-refractivity contribution is 0.282. The van der Waals surface area contributed by atoms with Crippen LogP contribution in [0.2, 0.25) is 0 Å². The summed E-state index contributed by atoms with van der Waals surface area (Å²) in [5.74, 6) is 0.905. The van der Waals surface area contributed by atoms with Gasteiger partial charge in [-0.1, -0.05) is 128 Å². The molecule has 1 saturated carbocycles. The van der Waals surface area contributed by atoms with Gasteiger partial charge in [-0.05, 0) is 103 Å². The van der Waals surface area contributed by atoms with Gasteiger partial charge in [-0.2, -0.15) is 0 Å². The summed E-state index contributed by atoms with van der Waals surface area (Å²) < 4.78 is 0. The van der Waals surface area contributed by atoms with E-state index in [1.54, 1.807) is 0 Å². The van der Waals surface area contributed by atoms with Gasteiger partial charge in [0.05, 0.1) is 6.61 Å². The third-order valence-corrected chi connectivity index (χ3v) is 8.70. The van der Waals surface area contributed by atoms with Crippen molar-refractivity contribution >= 4 is 33.7 Å². The maximum atomic E-state index is 9.31. The van der Waals surface area contributed by atoms with Gasteiger partial charge in [-0.25, -0.2) is 0 Å². The van der Waals surface area contributed by atoms with Gasteiger partial charge in [-0.15, -0.1) is 0 Å². The minimum absolute atomic E-state index is 0.0730. The van der Waals surface area contributed by atoms with E-state index < -0.39 is 0 Å². The van der Waals surface area contributed by atoms with Gasteiger partial charge in [0.2, 0.25) is 0 Å². The molecule has 0 bridgehead atoms. The molecule has 0 saturated heterocycles. The Bertz CT molecular complexity index is 1850. The highest BCUT2D eigenvalue weighted by atomic mass is 16.3. The van der Waals surface area contributed by atoms with Crippen LogP contribution in [0, 0.1) is 5.92 Å². The molecule has 0 aliphatic heterocycles. The van der Waals surface area contributed by atoms with E-state index in [0.717, 1.165) is 17.0 Å². The lowest BCUT2D eigenvalue weighted by Crippen LogP contribution is -2.13. The summed E-state index contributed by atoms with van der Waals surface area (Å²) in [5, 5.41) is 14.3. The van der Waals surface area contributed by atoms with Crippen LogP contribution in [0.3, 0.4) is 0 Å². The first-order valence-electron chi connectivity index (χ1n) is 14.8. The first-order valence-corrected chi connectivity index (χ1v) is 14.8. The van der Waals surface area contributed by atoms with Gasteiger partial charge in [0.25, 0.3) is 0 Å². The van der Waals surface area contributed by atoms with Crippen LogP contribution in [-0.2, 0) is 13.0 Å². The molecular formula is C40H34O. The molecule has 6 aromatic carbocycles. The van der Waals surface area contributed by atoms with Crippen LogP contribution in [0.15, 0.2) is 121 Å². The molecule has 0 spiro atoms. The Morgan fingerprint density at radius 2 is 0.927 bits per heavy atom. The first-order chi connectivity index (χ1) is 20.2. The zero-order chi connectivity index (χ0) is 27.6. The van der Waals surface area contributed by atoms with E-state index in [9.17, 15) is 5.11 Å². The quantitative estimate of drug-likeness (QED) is 0.204. The molecule has 200 valence electrons. The summed E-state index contributed by atoms with van der Waals surface area (Å²) in [4.78, 5) is 0. The lowest BCUT2D eigenvalue weighted by Gasteiger charge is -2.25. The van der Waals surface area contributed by atoms with Crippen LogP contribution in [0.4, 0.5) is 0 Å². The molecule has 6 aromatic rings. The monoisotopic (exact) mass is 530 g/mol. The maximum Gasteiger partial charge on any atom is 0.0681 e. The molecule has 1 fully saturated rings. The minimum atomic E-state index is 0.0730. The number of fused-ring (bicyclic) bond motifs is 2. The van der Waals surface area contributed by atoms with Crippen molar-refractivity contribution in [2.24, 2.45) is 5.92 Å². The molecular weight excluding hydrogens is 496 g/mol. The number of hydrogen-bond acceptors (Lipinski definition) is 1. The fourth-order valence-electron chi connectivity index (χ4n) is 5.95. The van der Waals surface area contributed by atoms with Crippen molar-refractivity contribution in [1.29, 1.82) is 0 Å².